The van der Waals surface area contributed by atoms with E-state index in [2.05, 4.69) is 15.0 Å². The number of anilines is 1. The first kappa shape index (κ1) is 25.4. The molecule has 0 spiro atoms. The number of hydrogen-bond donors (Lipinski definition) is 1. The number of carbonyl (C=O) groups is 3. The second-order valence-electron chi connectivity index (χ2n) is 6.99. The van der Waals surface area contributed by atoms with E-state index in [9.17, 15) is 23.2 Å². The Labute approximate surface area is 203 Å². The minimum absolute atomic E-state index is 0.0481. The van der Waals surface area contributed by atoms with Gasteiger partial charge in [-0.25, -0.2) is 9.79 Å². The molecule has 0 bridgehead atoms. The van der Waals surface area contributed by atoms with Gasteiger partial charge < -0.3 is 14.8 Å². The van der Waals surface area contributed by atoms with Crippen molar-refractivity contribution in [3.63, 3.8) is 0 Å². The number of nitrogens with one attached hydrogen (secondary N) is 1. The predicted octanol–water partition coefficient (Wildman–Crippen LogP) is 4.62. The topological polar surface area (TPSA) is 97.3 Å². The number of carbonyl (C=O) groups excluding carboxylic acids is 3. The number of amides is 2. The first-order valence-corrected chi connectivity index (χ1v) is 11.3. The zero-order valence-corrected chi connectivity index (χ0v) is 19.7. The quantitative estimate of drug-likeness (QED) is 0.430. The zero-order chi connectivity index (χ0) is 24.9. The molecule has 1 aliphatic heterocycles. The monoisotopic (exact) mass is 511 g/mol. The molecule has 3 rings (SSSR count). The predicted molar refractivity (Wildman–Crippen MR) is 125 cm³/mol. The Hall–Kier alpha value is -3.18. The smallest absolute Gasteiger partial charge is 0.462 e. The molecule has 2 aromatic rings. The van der Waals surface area contributed by atoms with Gasteiger partial charge in [-0.1, -0.05) is 11.8 Å². The fourth-order valence-corrected chi connectivity index (χ4v) is 4.01. The highest BCUT2D eigenvalue weighted by atomic mass is 35.5. The van der Waals surface area contributed by atoms with Crippen molar-refractivity contribution >= 4 is 57.7 Å². The van der Waals surface area contributed by atoms with Gasteiger partial charge in [0.2, 0.25) is 11.8 Å². The number of ether oxygens (including phenoxy) is 2. The average molecular weight is 512 g/mol. The molecule has 2 aromatic carbocycles. The van der Waals surface area contributed by atoms with E-state index >= 15 is 0 Å². The maximum absolute atomic E-state index is 12.7. The first-order valence-electron chi connectivity index (χ1n) is 10.0. The second kappa shape index (κ2) is 10.8. The Bertz CT molecular complexity index is 1090. The molecule has 0 aromatic heterocycles. The summed E-state index contributed by atoms with van der Waals surface area (Å²) in [6.07, 6.45) is -0.0481. The van der Waals surface area contributed by atoms with Gasteiger partial charge in [-0.05, 0) is 55.5 Å². The van der Waals surface area contributed by atoms with Gasteiger partial charge in [-0.3, -0.25) is 14.5 Å². The molecule has 8 nitrogen and oxygen atoms in total. The molecule has 1 saturated heterocycles. The van der Waals surface area contributed by atoms with Crippen molar-refractivity contribution in [2.75, 3.05) is 19.0 Å². The molecule has 34 heavy (non-hydrogen) atoms. The van der Waals surface area contributed by atoms with Crippen LogP contribution in [-0.2, 0) is 14.3 Å². The molecule has 0 aliphatic carbocycles. The lowest BCUT2D eigenvalue weighted by Gasteiger charge is -2.28. The van der Waals surface area contributed by atoms with Crippen LogP contribution < -0.4 is 10.1 Å². The van der Waals surface area contributed by atoms with E-state index in [4.69, 9.17) is 16.3 Å². The minimum Gasteiger partial charge on any atom is -0.462 e. The molecule has 1 N–H and O–H groups in total. The highest BCUT2D eigenvalue weighted by molar-refractivity contribution is 8.15. The average Bonchev–Trinajstić information content (AvgIpc) is 2.77. The van der Waals surface area contributed by atoms with Crippen LogP contribution in [0.2, 0.25) is 0 Å². The molecule has 0 saturated carbocycles. The molecule has 2 amide bonds. The molecular formula is C22H20ClF2N3O5S. The van der Waals surface area contributed by atoms with Gasteiger partial charge >= 0.3 is 11.5 Å². The largest absolute Gasteiger partial charge is 0.487 e. The van der Waals surface area contributed by atoms with Crippen LogP contribution >= 0.6 is 23.4 Å². The molecule has 180 valence electrons. The third kappa shape index (κ3) is 6.91. The van der Waals surface area contributed by atoms with Gasteiger partial charge in [-0.2, -0.15) is 0 Å². The summed E-state index contributed by atoms with van der Waals surface area (Å²) in [7, 11) is 1.56. The lowest BCUT2D eigenvalue weighted by molar-refractivity contribution is -0.128. The standard InChI is InChI=1S/C22H20ClF2N3O5S/c1-3-32-20(31)13-4-6-15(7-5-13)27-21-28(2)18(29)12-17(34-21)19(30)26-14-8-10-16(11-9-14)33-22(23,24)25/h4-11,17H,3,12H2,1-2H3,(H,26,30)/t17-/m0/s1. The summed E-state index contributed by atoms with van der Waals surface area (Å²) in [5.41, 5.74) is -2.65. The van der Waals surface area contributed by atoms with Crippen LogP contribution in [0.25, 0.3) is 0 Å². The summed E-state index contributed by atoms with van der Waals surface area (Å²) < 4.78 is 34.6. The van der Waals surface area contributed by atoms with Crippen molar-refractivity contribution in [1.82, 2.24) is 4.90 Å². The van der Waals surface area contributed by atoms with Gasteiger partial charge in [0.15, 0.2) is 5.17 Å². The van der Waals surface area contributed by atoms with E-state index in [-0.39, 0.29) is 24.7 Å². The van der Waals surface area contributed by atoms with Crippen molar-refractivity contribution in [2.45, 2.75) is 24.2 Å². The summed E-state index contributed by atoms with van der Waals surface area (Å²) in [5, 5.41) is 2.19. The van der Waals surface area contributed by atoms with Gasteiger partial charge in [0, 0.05) is 30.8 Å². The highest BCUT2D eigenvalue weighted by Crippen LogP contribution is 2.30. The molecule has 1 fully saturated rings. The van der Waals surface area contributed by atoms with Crippen molar-refractivity contribution in [3.8, 4) is 5.75 Å². The number of esters is 1. The number of amidine groups is 1. The van der Waals surface area contributed by atoms with Crippen LogP contribution in [0.15, 0.2) is 53.5 Å². The lowest BCUT2D eigenvalue weighted by atomic mass is 10.2. The molecule has 1 aliphatic rings. The second-order valence-corrected chi connectivity index (χ2v) is 8.60. The Morgan fingerprint density at radius 2 is 1.85 bits per heavy atom. The van der Waals surface area contributed by atoms with Crippen molar-refractivity contribution in [2.24, 2.45) is 4.99 Å². The fraction of sp³-hybridized carbons (Fsp3) is 0.273. The maximum Gasteiger partial charge on any atom is 0.487 e. The number of alkyl halides is 3. The number of halogens is 3. The Kier molecular flexibility index (Phi) is 8.11. The van der Waals surface area contributed by atoms with E-state index in [1.165, 1.54) is 29.2 Å². The molecule has 12 heteroatoms. The van der Waals surface area contributed by atoms with Crippen LogP contribution in [0.5, 0.6) is 5.75 Å². The van der Waals surface area contributed by atoms with Crippen LogP contribution in [0.4, 0.5) is 20.2 Å². The summed E-state index contributed by atoms with van der Waals surface area (Å²) in [6.45, 7) is 1.97. The van der Waals surface area contributed by atoms with Crippen molar-refractivity contribution in [1.29, 1.82) is 0 Å². The van der Waals surface area contributed by atoms with Gasteiger partial charge in [0.05, 0.1) is 17.9 Å². The summed E-state index contributed by atoms with van der Waals surface area (Å²) in [6, 6.07) is 11.5. The molecule has 0 unspecified atom stereocenters. The molecule has 1 atom stereocenters. The van der Waals surface area contributed by atoms with E-state index in [0.29, 0.717) is 22.1 Å². The van der Waals surface area contributed by atoms with Gasteiger partial charge in [0.1, 0.15) is 11.0 Å². The minimum atomic E-state index is -3.84. The van der Waals surface area contributed by atoms with Gasteiger partial charge in [-0.15, -0.1) is 8.78 Å². The number of benzene rings is 2. The SMILES string of the molecule is CCOC(=O)c1ccc(N=C2S[C@H](C(=O)Nc3ccc(OC(F)(F)Cl)cc3)CC(=O)N2C)cc1. The summed E-state index contributed by atoms with van der Waals surface area (Å²) >= 11 is 5.83. The van der Waals surface area contributed by atoms with Gasteiger partial charge in [0.25, 0.3) is 0 Å². The van der Waals surface area contributed by atoms with E-state index in [0.717, 1.165) is 11.8 Å². The summed E-state index contributed by atoms with van der Waals surface area (Å²) in [4.78, 5) is 42.7. The van der Waals surface area contributed by atoms with E-state index in [1.54, 1.807) is 38.2 Å². The first-order chi connectivity index (χ1) is 16.1. The third-order valence-electron chi connectivity index (χ3n) is 4.52. The van der Waals surface area contributed by atoms with Crippen molar-refractivity contribution < 1.29 is 32.6 Å². The number of rotatable bonds is 7. The third-order valence-corrected chi connectivity index (χ3v) is 5.84. The molecule has 0 radical (unpaired) electrons. The highest BCUT2D eigenvalue weighted by Gasteiger charge is 2.34. The summed E-state index contributed by atoms with van der Waals surface area (Å²) in [5.74, 6) is -1.37. The van der Waals surface area contributed by atoms with Crippen LogP contribution in [0.3, 0.4) is 0 Å². The normalized spacial score (nSPS) is 17.4. The van der Waals surface area contributed by atoms with E-state index < -0.39 is 22.7 Å². The van der Waals surface area contributed by atoms with Crippen LogP contribution in [-0.4, -0.2) is 52.3 Å². The number of hydrogen-bond acceptors (Lipinski definition) is 7. The molecular weight excluding hydrogens is 492 g/mol. The zero-order valence-electron chi connectivity index (χ0n) is 18.1. The number of aliphatic imine (C=N–C) groups is 1. The van der Waals surface area contributed by atoms with E-state index in [1.807, 2.05) is 0 Å². The Balaban J connectivity index is 1.69. The van der Waals surface area contributed by atoms with Crippen molar-refractivity contribution in [3.05, 3.63) is 54.1 Å². The Morgan fingerprint density at radius 1 is 1.21 bits per heavy atom. The Morgan fingerprint density at radius 3 is 2.44 bits per heavy atom. The van der Waals surface area contributed by atoms with Crippen LogP contribution in [0.1, 0.15) is 23.7 Å². The fourth-order valence-electron chi connectivity index (χ4n) is 2.86. The number of thioether (sulfide) groups is 1. The van der Waals surface area contributed by atoms with Crippen LogP contribution in [0, 0.1) is 0 Å². The maximum atomic E-state index is 12.7. The lowest BCUT2D eigenvalue weighted by Crippen LogP contribution is -2.43. The number of nitrogens with zero attached hydrogens (tertiary/aromatic N) is 2. The molecule has 1 heterocycles.